The largest absolute Gasteiger partial charge is 0.494 e. The van der Waals surface area contributed by atoms with Crippen molar-refractivity contribution in [1.82, 2.24) is 0 Å². The second-order valence-electron chi connectivity index (χ2n) is 5.61. The lowest BCUT2D eigenvalue weighted by molar-refractivity contribution is 0.0527. The molecule has 0 radical (unpaired) electrons. The molecule has 0 atom stereocenters. The number of hydrogen-bond acceptors (Lipinski definition) is 7. The van der Waals surface area contributed by atoms with Crippen molar-refractivity contribution < 1.29 is 28.6 Å². The van der Waals surface area contributed by atoms with E-state index in [1.54, 1.807) is 45.0 Å². The Morgan fingerprint density at radius 3 is 2.11 bits per heavy atom. The third-order valence-electron chi connectivity index (χ3n) is 3.74. The van der Waals surface area contributed by atoms with Crippen LogP contribution in [0.1, 0.15) is 56.7 Å². The predicted molar refractivity (Wildman–Crippen MR) is 107 cm³/mol. The van der Waals surface area contributed by atoms with E-state index in [1.807, 2.05) is 6.92 Å². The van der Waals surface area contributed by atoms with E-state index in [-0.39, 0.29) is 28.7 Å². The Kier molecular flexibility index (Phi) is 7.57. The number of rotatable bonds is 8. The van der Waals surface area contributed by atoms with Crippen LogP contribution >= 0.6 is 11.3 Å². The van der Waals surface area contributed by atoms with Crippen molar-refractivity contribution in [3.63, 3.8) is 0 Å². The second-order valence-corrected chi connectivity index (χ2v) is 6.63. The van der Waals surface area contributed by atoms with Crippen LogP contribution in [0, 0.1) is 6.92 Å². The molecule has 1 heterocycles. The molecule has 1 amide bonds. The molecular formula is C20H23NO6S. The summed E-state index contributed by atoms with van der Waals surface area (Å²) in [6, 6.07) is 6.62. The third-order valence-corrected chi connectivity index (χ3v) is 4.93. The summed E-state index contributed by atoms with van der Waals surface area (Å²) < 4.78 is 15.5. The minimum absolute atomic E-state index is 0.161. The Bertz CT molecular complexity index is 856. The number of hydrogen-bond donors (Lipinski definition) is 1. The fourth-order valence-electron chi connectivity index (χ4n) is 2.49. The predicted octanol–water partition coefficient (Wildman–Crippen LogP) is 4.06. The normalized spacial score (nSPS) is 10.3. The Morgan fingerprint density at radius 2 is 1.54 bits per heavy atom. The summed E-state index contributed by atoms with van der Waals surface area (Å²) in [7, 11) is 0. The van der Waals surface area contributed by atoms with Crippen molar-refractivity contribution in [3.05, 3.63) is 45.8 Å². The summed E-state index contributed by atoms with van der Waals surface area (Å²) in [6.45, 7) is 7.79. The lowest BCUT2D eigenvalue weighted by Crippen LogP contribution is -2.15. The molecule has 7 nitrogen and oxygen atoms in total. The number of anilines is 1. The minimum atomic E-state index is -0.603. The van der Waals surface area contributed by atoms with E-state index in [9.17, 15) is 14.4 Å². The molecule has 1 aromatic carbocycles. The first-order chi connectivity index (χ1) is 13.4. The molecule has 1 aromatic heterocycles. The van der Waals surface area contributed by atoms with Crippen LogP contribution in [0.2, 0.25) is 0 Å². The lowest BCUT2D eigenvalue weighted by Gasteiger charge is -2.08. The fourth-order valence-corrected chi connectivity index (χ4v) is 3.57. The zero-order chi connectivity index (χ0) is 20.7. The van der Waals surface area contributed by atoms with Crippen LogP contribution in [0.4, 0.5) is 5.00 Å². The zero-order valence-electron chi connectivity index (χ0n) is 16.3. The summed E-state index contributed by atoms with van der Waals surface area (Å²) >= 11 is 0.991. The zero-order valence-corrected chi connectivity index (χ0v) is 17.1. The number of nitrogens with one attached hydrogen (secondary N) is 1. The third kappa shape index (κ3) is 4.89. The van der Waals surface area contributed by atoms with Gasteiger partial charge in [-0.25, -0.2) is 9.59 Å². The van der Waals surface area contributed by atoms with Crippen molar-refractivity contribution in [2.75, 3.05) is 25.1 Å². The van der Waals surface area contributed by atoms with Crippen molar-refractivity contribution in [3.8, 4) is 5.75 Å². The highest BCUT2D eigenvalue weighted by atomic mass is 32.1. The van der Waals surface area contributed by atoms with Crippen LogP contribution in [0.15, 0.2) is 24.3 Å². The SMILES string of the molecule is CCOC(=O)c1sc(NC(=O)c2ccc(OCC)cc2)c(C(=O)OCC)c1C. The Morgan fingerprint density at radius 1 is 0.929 bits per heavy atom. The molecule has 150 valence electrons. The van der Waals surface area contributed by atoms with Gasteiger partial charge in [-0.05, 0) is 57.5 Å². The molecule has 0 spiro atoms. The molecule has 0 aliphatic carbocycles. The Hall–Kier alpha value is -2.87. The molecule has 0 aliphatic heterocycles. The van der Waals surface area contributed by atoms with E-state index < -0.39 is 17.8 Å². The van der Waals surface area contributed by atoms with E-state index >= 15 is 0 Å². The highest BCUT2D eigenvalue weighted by molar-refractivity contribution is 7.18. The van der Waals surface area contributed by atoms with Gasteiger partial charge in [-0.1, -0.05) is 0 Å². The first-order valence-electron chi connectivity index (χ1n) is 8.94. The maximum atomic E-state index is 12.6. The molecular weight excluding hydrogens is 382 g/mol. The van der Waals surface area contributed by atoms with Gasteiger partial charge in [-0.15, -0.1) is 11.3 Å². The van der Waals surface area contributed by atoms with E-state index in [2.05, 4.69) is 5.32 Å². The van der Waals surface area contributed by atoms with E-state index in [4.69, 9.17) is 14.2 Å². The van der Waals surface area contributed by atoms with E-state index in [0.717, 1.165) is 11.3 Å². The summed E-state index contributed by atoms with van der Waals surface area (Å²) in [5, 5.41) is 2.95. The van der Waals surface area contributed by atoms with Gasteiger partial charge in [0.25, 0.3) is 5.91 Å². The van der Waals surface area contributed by atoms with Crippen LogP contribution in [0.3, 0.4) is 0 Å². The van der Waals surface area contributed by atoms with Crippen LogP contribution in [-0.2, 0) is 9.47 Å². The number of benzene rings is 1. The van der Waals surface area contributed by atoms with Crippen LogP contribution in [-0.4, -0.2) is 37.7 Å². The molecule has 0 bridgehead atoms. The second kappa shape index (κ2) is 9.89. The maximum absolute atomic E-state index is 12.6. The summed E-state index contributed by atoms with van der Waals surface area (Å²) in [5.41, 5.74) is 0.972. The smallest absolute Gasteiger partial charge is 0.348 e. The Balaban J connectivity index is 2.34. The first kappa shape index (κ1) is 21.4. The molecule has 0 fully saturated rings. The monoisotopic (exact) mass is 405 g/mol. The number of carbonyl (C=O) groups is 3. The van der Waals surface area contributed by atoms with Crippen LogP contribution in [0.5, 0.6) is 5.75 Å². The van der Waals surface area contributed by atoms with Gasteiger partial charge in [0.05, 0.1) is 25.4 Å². The maximum Gasteiger partial charge on any atom is 0.348 e. The molecule has 0 saturated heterocycles. The average Bonchev–Trinajstić information content (AvgIpc) is 2.99. The quantitative estimate of drug-likeness (QED) is 0.666. The van der Waals surface area contributed by atoms with Gasteiger partial charge in [-0.2, -0.15) is 0 Å². The summed E-state index contributed by atoms with van der Waals surface area (Å²) in [5.74, 6) is -0.904. The number of thiophene rings is 1. The minimum Gasteiger partial charge on any atom is -0.494 e. The van der Waals surface area contributed by atoms with Crippen molar-refractivity contribution in [2.24, 2.45) is 0 Å². The van der Waals surface area contributed by atoms with Gasteiger partial charge >= 0.3 is 11.9 Å². The van der Waals surface area contributed by atoms with Crippen molar-refractivity contribution in [2.45, 2.75) is 27.7 Å². The molecule has 28 heavy (non-hydrogen) atoms. The molecule has 2 rings (SSSR count). The van der Waals surface area contributed by atoms with E-state index in [1.165, 1.54) is 0 Å². The van der Waals surface area contributed by atoms with Crippen molar-refractivity contribution in [1.29, 1.82) is 0 Å². The Labute approximate surface area is 167 Å². The van der Waals surface area contributed by atoms with E-state index in [0.29, 0.717) is 23.5 Å². The van der Waals surface area contributed by atoms with Gasteiger partial charge in [0.2, 0.25) is 0 Å². The van der Waals surface area contributed by atoms with Crippen molar-refractivity contribution >= 4 is 34.2 Å². The number of esters is 2. The standard InChI is InChI=1S/C20H23NO6S/c1-5-25-14-10-8-13(9-11-14)17(22)21-18-15(19(23)26-6-2)12(4)16(28-18)20(24)27-7-3/h8-11H,5-7H2,1-4H3,(H,21,22). The highest BCUT2D eigenvalue weighted by Crippen LogP contribution is 2.34. The number of carbonyl (C=O) groups excluding carboxylic acids is 3. The topological polar surface area (TPSA) is 90.9 Å². The number of ether oxygens (including phenoxy) is 3. The van der Waals surface area contributed by atoms with Gasteiger partial charge < -0.3 is 19.5 Å². The van der Waals surface area contributed by atoms with Crippen LogP contribution in [0.25, 0.3) is 0 Å². The van der Waals surface area contributed by atoms with Gasteiger partial charge in [0.15, 0.2) is 0 Å². The molecule has 1 N–H and O–H groups in total. The number of amides is 1. The summed E-state index contributed by atoms with van der Waals surface area (Å²) in [6.07, 6.45) is 0. The fraction of sp³-hybridized carbons (Fsp3) is 0.350. The summed E-state index contributed by atoms with van der Waals surface area (Å²) in [4.78, 5) is 37.4. The van der Waals surface area contributed by atoms with Crippen LogP contribution < -0.4 is 10.1 Å². The highest BCUT2D eigenvalue weighted by Gasteiger charge is 2.27. The molecule has 2 aromatic rings. The average molecular weight is 405 g/mol. The molecule has 0 saturated carbocycles. The molecule has 8 heteroatoms. The molecule has 0 aliphatic rings. The van der Waals surface area contributed by atoms with Gasteiger partial charge in [0.1, 0.15) is 15.6 Å². The lowest BCUT2D eigenvalue weighted by atomic mass is 10.1. The van der Waals surface area contributed by atoms with Gasteiger partial charge in [-0.3, -0.25) is 4.79 Å². The first-order valence-corrected chi connectivity index (χ1v) is 9.76. The van der Waals surface area contributed by atoms with Gasteiger partial charge in [0, 0.05) is 5.56 Å². The molecule has 0 unspecified atom stereocenters.